The second-order valence-corrected chi connectivity index (χ2v) is 5.86. The molecule has 6 heteroatoms. The summed E-state index contributed by atoms with van der Waals surface area (Å²) in [7, 11) is 0. The van der Waals surface area contributed by atoms with E-state index in [0.717, 1.165) is 31.4 Å². The number of nitro benzene ring substituents is 1. The maximum Gasteiger partial charge on any atom is 0.283 e. The van der Waals surface area contributed by atoms with Crippen LogP contribution in [0, 0.1) is 16.0 Å². The Labute approximate surface area is 120 Å². The van der Waals surface area contributed by atoms with Crippen LogP contribution in [0.3, 0.4) is 0 Å². The van der Waals surface area contributed by atoms with Gasteiger partial charge in [-0.2, -0.15) is 0 Å². The highest BCUT2D eigenvalue weighted by Crippen LogP contribution is 2.26. The number of nitrogens with one attached hydrogen (secondary N) is 1. The molecule has 1 fully saturated rings. The summed E-state index contributed by atoms with van der Waals surface area (Å²) in [4.78, 5) is 10.4. The molecule has 2 N–H and O–H groups in total. The lowest BCUT2D eigenvalue weighted by Crippen LogP contribution is -2.21. The summed E-state index contributed by atoms with van der Waals surface area (Å²) >= 11 is 3.17. The Balaban J connectivity index is 1.86. The Morgan fingerprint density at radius 1 is 1.47 bits per heavy atom. The number of benzene rings is 1. The van der Waals surface area contributed by atoms with Gasteiger partial charge >= 0.3 is 0 Å². The van der Waals surface area contributed by atoms with Gasteiger partial charge in [0.1, 0.15) is 0 Å². The van der Waals surface area contributed by atoms with E-state index in [2.05, 4.69) is 21.2 Å². The molecule has 0 bridgehead atoms. The fraction of sp³-hybridized carbons (Fsp3) is 0.538. The number of nitrogens with zero attached hydrogens (tertiary/aromatic N) is 1. The molecule has 0 heterocycles. The Morgan fingerprint density at radius 3 is 2.89 bits per heavy atom. The van der Waals surface area contributed by atoms with Gasteiger partial charge in [-0.3, -0.25) is 10.1 Å². The van der Waals surface area contributed by atoms with E-state index in [9.17, 15) is 15.2 Å². The van der Waals surface area contributed by atoms with Crippen LogP contribution < -0.4 is 5.32 Å². The third-order valence-corrected chi connectivity index (χ3v) is 4.15. The van der Waals surface area contributed by atoms with Crippen molar-refractivity contribution in [3.8, 4) is 0 Å². The molecule has 0 aromatic heterocycles. The van der Waals surface area contributed by atoms with Crippen molar-refractivity contribution in [1.82, 2.24) is 5.32 Å². The Morgan fingerprint density at radius 2 is 2.26 bits per heavy atom. The third-order valence-electron chi connectivity index (χ3n) is 3.48. The molecule has 2 unspecified atom stereocenters. The molecule has 2 atom stereocenters. The molecule has 1 saturated carbocycles. The number of hydrogen-bond donors (Lipinski definition) is 2. The monoisotopic (exact) mass is 328 g/mol. The SMILES string of the molecule is O=[N+]([O-])c1cc(CNCC2CCC(O)C2)ccc1Br. The second-order valence-electron chi connectivity index (χ2n) is 5.01. The van der Waals surface area contributed by atoms with Gasteiger partial charge in [-0.15, -0.1) is 0 Å². The lowest BCUT2D eigenvalue weighted by Gasteiger charge is -2.11. The maximum absolute atomic E-state index is 10.8. The molecule has 0 saturated heterocycles. The van der Waals surface area contributed by atoms with E-state index >= 15 is 0 Å². The standard InChI is InChI=1S/C13H17BrN2O3/c14-12-4-2-10(6-13(12)16(18)19)8-15-7-9-1-3-11(17)5-9/h2,4,6,9,11,15,17H,1,3,5,7-8H2. The summed E-state index contributed by atoms with van der Waals surface area (Å²) in [5, 5.41) is 23.6. The molecule has 104 valence electrons. The molecule has 0 amide bonds. The molecule has 1 aliphatic rings. The van der Waals surface area contributed by atoms with E-state index < -0.39 is 0 Å². The molecule has 2 rings (SSSR count). The number of aliphatic hydroxyl groups excluding tert-OH is 1. The van der Waals surface area contributed by atoms with Gasteiger partial charge in [0.2, 0.25) is 0 Å². The predicted octanol–water partition coefficient (Wildman–Crippen LogP) is 2.61. The van der Waals surface area contributed by atoms with Crippen LogP contribution in [0.4, 0.5) is 5.69 Å². The lowest BCUT2D eigenvalue weighted by molar-refractivity contribution is -0.385. The zero-order valence-electron chi connectivity index (χ0n) is 10.5. The number of nitro groups is 1. The molecule has 1 aromatic carbocycles. The first-order chi connectivity index (χ1) is 9.06. The van der Waals surface area contributed by atoms with Crippen LogP contribution in [0.25, 0.3) is 0 Å². The topological polar surface area (TPSA) is 75.4 Å². The zero-order chi connectivity index (χ0) is 13.8. The largest absolute Gasteiger partial charge is 0.393 e. The van der Waals surface area contributed by atoms with Crippen LogP contribution in [0.1, 0.15) is 24.8 Å². The van der Waals surface area contributed by atoms with Gasteiger partial charge in [-0.05, 0) is 59.3 Å². The summed E-state index contributed by atoms with van der Waals surface area (Å²) in [5.41, 5.74) is 0.990. The van der Waals surface area contributed by atoms with Gasteiger partial charge in [-0.1, -0.05) is 6.07 Å². The van der Waals surface area contributed by atoms with E-state index in [4.69, 9.17) is 0 Å². The smallest absolute Gasteiger partial charge is 0.283 e. The van der Waals surface area contributed by atoms with E-state index in [1.165, 1.54) is 0 Å². The summed E-state index contributed by atoms with van der Waals surface area (Å²) in [5.74, 6) is 0.514. The van der Waals surface area contributed by atoms with Gasteiger partial charge in [0, 0.05) is 12.6 Å². The summed E-state index contributed by atoms with van der Waals surface area (Å²) in [6, 6.07) is 5.16. The Bertz CT molecular complexity index is 467. The second kappa shape index (κ2) is 6.45. The van der Waals surface area contributed by atoms with Gasteiger partial charge in [0.05, 0.1) is 15.5 Å². The zero-order valence-corrected chi connectivity index (χ0v) is 12.1. The normalized spacial score (nSPS) is 22.6. The molecule has 5 nitrogen and oxygen atoms in total. The molecular weight excluding hydrogens is 312 g/mol. The molecule has 0 radical (unpaired) electrons. The van der Waals surface area contributed by atoms with Crippen molar-refractivity contribution in [2.24, 2.45) is 5.92 Å². The molecule has 0 spiro atoms. The fourth-order valence-corrected chi connectivity index (χ4v) is 2.85. The minimum atomic E-state index is -0.388. The van der Waals surface area contributed by atoms with Crippen molar-refractivity contribution >= 4 is 21.6 Å². The predicted molar refractivity (Wildman–Crippen MR) is 75.9 cm³/mol. The van der Waals surface area contributed by atoms with Crippen LogP contribution in [-0.4, -0.2) is 22.7 Å². The average molecular weight is 329 g/mol. The van der Waals surface area contributed by atoms with Crippen LogP contribution in [0.5, 0.6) is 0 Å². The van der Waals surface area contributed by atoms with Crippen LogP contribution in [-0.2, 0) is 6.54 Å². The van der Waals surface area contributed by atoms with Gasteiger partial charge < -0.3 is 10.4 Å². The highest BCUT2D eigenvalue weighted by molar-refractivity contribution is 9.10. The van der Waals surface area contributed by atoms with Crippen LogP contribution in [0.2, 0.25) is 0 Å². The lowest BCUT2D eigenvalue weighted by atomic mass is 10.1. The highest BCUT2D eigenvalue weighted by Gasteiger charge is 2.22. The van der Waals surface area contributed by atoms with Crippen LogP contribution in [0.15, 0.2) is 22.7 Å². The van der Waals surface area contributed by atoms with Crippen molar-refractivity contribution in [2.45, 2.75) is 31.9 Å². The molecule has 1 aliphatic carbocycles. The fourth-order valence-electron chi connectivity index (χ4n) is 2.46. The van der Waals surface area contributed by atoms with Crippen molar-refractivity contribution < 1.29 is 10.0 Å². The van der Waals surface area contributed by atoms with Gasteiger partial charge in [0.25, 0.3) is 5.69 Å². The van der Waals surface area contributed by atoms with Gasteiger partial charge in [0.15, 0.2) is 0 Å². The average Bonchev–Trinajstić information content (AvgIpc) is 2.77. The van der Waals surface area contributed by atoms with Gasteiger partial charge in [-0.25, -0.2) is 0 Å². The maximum atomic E-state index is 10.8. The van der Waals surface area contributed by atoms with Crippen molar-refractivity contribution in [1.29, 1.82) is 0 Å². The van der Waals surface area contributed by atoms with Crippen molar-refractivity contribution in [3.63, 3.8) is 0 Å². The van der Waals surface area contributed by atoms with Crippen molar-refractivity contribution in [3.05, 3.63) is 38.3 Å². The third kappa shape index (κ3) is 3.99. The first-order valence-electron chi connectivity index (χ1n) is 6.38. The summed E-state index contributed by atoms with van der Waals surface area (Å²) in [6.45, 7) is 1.46. The number of hydrogen-bond acceptors (Lipinski definition) is 4. The minimum absolute atomic E-state index is 0.0931. The molecular formula is C13H17BrN2O3. The first kappa shape index (κ1) is 14.4. The van der Waals surface area contributed by atoms with Crippen LogP contribution >= 0.6 is 15.9 Å². The first-order valence-corrected chi connectivity index (χ1v) is 7.17. The van der Waals surface area contributed by atoms with E-state index in [1.807, 2.05) is 6.07 Å². The summed E-state index contributed by atoms with van der Waals surface area (Å²) in [6.07, 6.45) is 2.64. The van der Waals surface area contributed by atoms with E-state index in [0.29, 0.717) is 16.9 Å². The van der Waals surface area contributed by atoms with E-state index in [1.54, 1.807) is 12.1 Å². The molecule has 0 aliphatic heterocycles. The Kier molecular flexibility index (Phi) is 4.90. The van der Waals surface area contributed by atoms with E-state index in [-0.39, 0.29) is 16.7 Å². The highest BCUT2D eigenvalue weighted by atomic mass is 79.9. The quantitative estimate of drug-likeness (QED) is 0.643. The molecule has 19 heavy (non-hydrogen) atoms. The number of rotatable bonds is 5. The van der Waals surface area contributed by atoms with Crippen molar-refractivity contribution in [2.75, 3.05) is 6.54 Å². The molecule has 1 aromatic rings. The number of aliphatic hydroxyl groups is 1. The summed E-state index contributed by atoms with van der Waals surface area (Å²) < 4.78 is 0.500. The number of halogens is 1. The Hall–Kier alpha value is -0.980. The minimum Gasteiger partial charge on any atom is -0.393 e.